The zero-order valence-corrected chi connectivity index (χ0v) is 14.3. The van der Waals surface area contributed by atoms with Crippen LogP contribution in [0.15, 0.2) is 65.7 Å². The minimum atomic E-state index is -0.337. The summed E-state index contributed by atoms with van der Waals surface area (Å²) in [7, 11) is 1.58. The largest absolute Gasteiger partial charge is 0.497 e. The number of nitrogens with zero attached hydrogens (tertiary/aromatic N) is 3. The van der Waals surface area contributed by atoms with Crippen LogP contribution >= 0.6 is 0 Å². The minimum absolute atomic E-state index is 0.151. The number of hydrogen-bond donors (Lipinski definition) is 1. The first-order valence-corrected chi connectivity index (χ1v) is 8.04. The van der Waals surface area contributed by atoms with Crippen molar-refractivity contribution >= 4 is 5.91 Å². The highest BCUT2D eigenvalue weighted by molar-refractivity contribution is 5.75. The van der Waals surface area contributed by atoms with Gasteiger partial charge in [0.1, 0.15) is 12.3 Å². The number of benzene rings is 1. The Labute approximate surface area is 150 Å². The lowest BCUT2D eigenvalue weighted by Crippen LogP contribution is -2.33. The first kappa shape index (κ1) is 17.3. The molecule has 0 spiro atoms. The number of aromatic nitrogens is 3. The lowest BCUT2D eigenvalue weighted by atomic mass is 10.1. The van der Waals surface area contributed by atoms with Crippen LogP contribution in [-0.2, 0) is 17.9 Å². The Balaban J connectivity index is 1.73. The van der Waals surface area contributed by atoms with E-state index in [0.29, 0.717) is 18.0 Å². The van der Waals surface area contributed by atoms with Crippen LogP contribution in [0.4, 0.5) is 0 Å². The van der Waals surface area contributed by atoms with Crippen molar-refractivity contribution in [3.8, 4) is 17.0 Å². The van der Waals surface area contributed by atoms with Gasteiger partial charge in [-0.05, 0) is 35.9 Å². The maximum atomic E-state index is 12.1. The second-order valence-corrected chi connectivity index (χ2v) is 5.58. The standard InChI is InChI=1S/C19H18N4O3/c1-26-16-4-2-3-15(11-16)17-5-6-19(25)23(22-17)13-18(24)21-12-14-7-9-20-10-8-14/h2-11H,12-13H2,1H3,(H,21,24). The number of amides is 1. The number of nitrogens with one attached hydrogen (secondary N) is 1. The quantitative estimate of drug-likeness (QED) is 0.730. The Hall–Kier alpha value is -3.48. The Morgan fingerprint density at radius 2 is 1.96 bits per heavy atom. The Bertz CT molecular complexity index is 954. The zero-order valence-electron chi connectivity index (χ0n) is 14.3. The molecule has 0 aliphatic rings. The molecule has 7 nitrogen and oxygen atoms in total. The molecule has 132 valence electrons. The molecule has 0 atom stereocenters. The number of carbonyl (C=O) groups excluding carboxylic acids is 1. The lowest BCUT2D eigenvalue weighted by Gasteiger charge is -2.09. The monoisotopic (exact) mass is 350 g/mol. The molecule has 2 aromatic heterocycles. The molecule has 1 amide bonds. The van der Waals surface area contributed by atoms with Crippen LogP contribution in [0, 0.1) is 0 Å². The average Bonchev–Trinajstić information content (AvgIpc) is 2.69. The zero-order chi connectivity index (χ0) is 18.4. The fourth-order valence-corrected chi connectivity index (χ4v) is 2.39. The van der Waals surface area contributed by atoms with E-state index in [1.807, 2.05) is 36.4 Å². The summed E-state index contributed by atoms with van der Waals surface area (Å²) < 4.78 is 6.35. The highest BCUT2D eigenvalue weighted by Crippen LogP contribution is 2.20. The van der Waals surface area contributed by atoms with E-state index in [-0.39, 0.29) is 18.0 Å². The van der Waals surface area contributed by atoms with Crippen molar-refractivity contribution < 1.29 is 9.53 Å². The van der Waals surface area contributed by atoms with Gasteiger partial charge in [-0.1, -0.05) is 12.1 Å². The van der Waals surface area contributed by atoms with Gasteiger partial charge in [0.15, 0.2) is 0 Å². The molecule has 2 heterocycles. The second kappa shape index (κ2) is 8.06. The number of methoxy groups -OCH3 is 1. The molecule has 0 fully saturated rings. The van der Waals surface area contributed by atoms with E-state index in [1.54, 1.807) is 25.6 Å². The molecule has 0 saturated heterocycles. The predicted octanol–water partition coefficient (Wildman–Crippen LogP) is 1.63. The molecule has 0 bridgehead atoms. The predicted molar refractivity (Wildman–Crippen MR) is 96.6 cm³/mol. The van der Waals surface area contributed by atoms with Gasteiger partial charge in [-0.15, -0.1) is 0 Å². The second-order valence-electron chi connectivity index (χ2n) is 5.58. The van der Waals surface area contributed by atoms with E-state index >= 15 is 0 Å². The normalized spacial score (nSPS) is 10.3. The molecule has 0 aliphatic carbocycles. The fourth-order valence-electron chi connectivity index (χ4n) is 2.39. The lowest BCUT2D eigenvalue weighted by molar-refractivity contribution is -0.122. The smallest absolute Gasteiger partial charge is 0.267 e. The maximum Gasteiger partial charge on any atom is 0.267 e. The molecule has 1 aromatic carbocycles. The molecule has 26 heavy (non-hydrogen) atoms. The Morgan fingerprint density at radius 3 is 2.73 bits per heavy atom. The van der Waals surface area contributed by atoms with Gasteiger partial charge >= 0.3 is 0 Å². The van der Waals surface area contributed by atoms with Gasteiger partial charge in [0.25, 0.3) is 5.56 Å². The van der Waals surface area contributed by atoms with Gasteiger partial charge in [0.2, 0.25) is 5.91 Å². The van der Waals surface area contributed by atoms with Crippen molar-refractivity contribution in [3.63, 3.8) is 0 Å². The highest BCUT2D eigenvalue weighted by Gasteiger charge is 2.08. The molecule has 3 rings (SSSR count). The van der Waals surface area contributed by atoms with E-state index < -0.39 is 0 Å². The third-order valence-electron chi connectivity index (χ3n) is 3.76. The van der Waals surface area contributed by atoms with E-state index in [2.05, 4.69) is 15.4 Å². The van der Waals surface area contributed by atoms with Gasteiger partial charge in [0.05, 0.1) is 12.8 Å². The van der Waals surface area contributed by atoms with Crippen molar-refractivity contribution in [1.29, 1.82) is 0 Å². The van der Waals surface area contributed by atoms with Gasteiger partial charge in [-0.2, -0.15) is 5.10 Å². The topological polar surface area (TPSA) is 86.1 Å². The average molecular weight is 350 g/mol. The summed E-state index contributed by atoms with van der Waals surface area (Å²) in [5, 5.41) is 7.06. The summed E-state index contributed by atoms with van der Waals surface area (Å²) >= 11 is 0. The summed E-state index contributed by atoms with van der Waals surface area (Å²) in [5.74, 6) is 0.399. The van der Waals surface area contributed by atoms with Crippen molar-refractivity contribution in [1.82, 2.24) is 20.1 Å². The van der Waals surface area contributed by atoms with Gasteiger partial charge in [-0.3, -0.25) is 14.6 Å². The first-order valence-electron chi connectivity index (χ1n) is 8.04. The maximum absolute atomic E-state index is 12.1. The molecular weight excluding hydrogens is 332 g/mol. The number of ether oxygens (including phenoxy) is 1. The van der Waals surface area contributed by atoms with Crippen molar-refractivity contribution in [2.45, 2.75) is 13.1 Å². The molecular formula is C19H18N4O3. The van der Waals surface area contributed by atoms with Crippen LogP contribution in [0.3, 0.4) is 0 Å². The summed E-state index contributed by atoms with van der Waals surface area (Å²) in [6.45, 7) is 0.216. The van der Waals surface area contributed by atoms with Crippen LogP contribution in [0.5, 0.6) is 5.75 Å². The summed E-state index contributed by atoms with van der Waals surface area (Å²) in [6, 6.07) is 14.0. The number of carbonyl (C=O) groups is 1. The Kier molecular flexibility index (Phi) is 5.38. The van der Waals surface area contributed by atoms with Gasteiger partial charge in [-0.25, -0.2) is 4.68 Å². The van der Waals surface area contributed by atoms with Crippen LogP contribution in [0.2, 0.25) is 0 Å². The van der Waals surface area contributed by atoms with Gasteiger partial charge in [0, 0.05) is 30.6 Å². The summed E-state index contributed by atoms with van der Waals surface area (Å²) in [5.41, 5.74) is 1.98. The molecule has 1 N–H and O–H groups in total. The molecule has 7 heteroatoms. The van der Waals surface area contributed by atoms with Gasteiger partial charge < -0.3 is 10.1 Å². The SMILES string of the molecule is COc1cccc(-c2ccc(=O)n(CC(=O)NCc3ccncc3)n2)c1. The summed E-state index contributed by atoms with van der Waals surface area (Å²) in [4.78, 5) is 28.1. The van der Waals surface area contributed by atoms with Crippen molar-refractivity contribution in [3.05, 3.63) is 76.8 Å². The highest BCUT2D eigenvalue weighted by atomic mass is 16.5. The number of hydrogen-bond acceptors (Lipinski definition) is 5. The van der Waals surface area contributed by atoms with E-state index in [0.717, 1.165) is 15.8 Å². The van der Waals surface area contributed by atoms with Crippen molar-refractivity contribution in [2.24, 2.45) is 0 Å². The first-order chi connectivity index (χ1) is 12.7. The number of pyridine rings is 1. The Morgan fingerprint density at radius 1 is 1.15 bits per heavy atom. The molecule has 0 radical (unpaired) electrons. The van der Waals surface area contributed by atoms with E-state index in [1.165, 1.54) is 6.07 Å². The van der Waals surface area contributed by atoms with Crippen LogP contribution in [0.25, 0.3) is 11.3 Å². The molecule has 3 aromatic rings. The molecule has 0 unspecified atom stereocenters. The minimum Gasteiger partial charge on any atom is -0.497 e. The fraction of sp³-hybridized carbons (Fsp3) is 0.158. The van der Waals surface area contributed by atoms with Crippen molar-refractivity contribution in [2.75, 3.05) is 7.11 Å². The molecule has 0 saturated carbocycles. The number of rotatable bonds is 6. The van der Waals surface area contributed by atoms with E-state index in [9.17, 15) is 9.59 Å². The van der Waals surface area contributed by atoms with Crippen LogP contribution in [-0.4, -0.2) is 27.8 Å². The third kappa shape index (κ3) is 4.32. The molecule has 0 aliphatic heterocycles. The van der Waals surface area contributed by atoms with E-state index in [4.69, 9.17) is 4.74 Å². The third-order valence-corrected chi connectivity index (χ3v) is 3.76. The summed E-state index contributed by atoms with van der Waals surface area (Å²) in [6.07, 6.45) is 3.32. The van der Waals surface area contributed by atoms with Crippen LogP contribution in [0.1, 0.15) is 5.56 Å². The van der Waals surface area contributed by atoms with Crippen LogP contribution < -0.4 is 15.6 Å².